The Labute approximate surface area is 100 Å². The van der Waals surface area contributed by atoms with Crippen molar-refractivity contribution in [2.24, 2.45) is 0 Å². The number of aromatic nitrogens is 2. The van der Waals surface area contributed by atoms with Crippen LogP contribution in [0, 0.1) is 0 Å². The van der Waals surface area contributed by atoms with Crippen molar-refractivity contribution in [1.29, 1.82) is 0 Å². The van der Waals surface area contributed by atoms with Crippen molar-refractivity contribution in [2.75, 3.05) is 18.4 Å². The molecule has 1 fully saturated rings. The SMILES string of the molecule is c1cnc2ncc(NC3CCNCC3)cc2c1. The molecular weight excluding hydrogens is 212 g/mol. The van der Waals surface area contributed by atoms with Crippen molar-refractivity contribution in [1.82, 2.24) is 15.3 Å². The quantitative estimate of drug-likeness (QED) is 0.823. The van der Waals surface area contributed by atoms with Gasteiger partial charge in [-0.3, -0.25) is 0 Å². The molecule has 1 aliphatic heterocycles. The van der Waals surface area contributed by atoms with E-state index in [-0.39, 0.29) is 0 Å². The first kappa shape index (κ1) is 10.5. The third-order valence-corrected chi connectivity index (χ3v) is 3.16. The van der Waals surface area contributed by atoms with E-state index >= 15 is 0 Å². The topological polar surface area (TPSA) is 49.8 Å². The van der Waals surface area contributed by atoms with Gasteiger partial charge in [-0.2, -0.15) is 0 Å². The normalized spacial score (nSPS) is 17.2. The predicted molar refractivity (Wildman–Crippen MR) is 69.1 cm³/mol. The fourth-order valence-corrected chi connectivity index (χ4v) is 2.25. The van der Waals surface area contributed by atoms with Gasteiger partial charge in [0.25, 0.3) is 0 Å². The van der Waals surface area contributed by atoms with Crippen molar-refractivity contribution >= 4 is 16.7 Å². The summed E-state index contributed by atoms with van der Waals surface area (Å²) in [4.78, 5) is 8.58. The monoisotopic (exact) mass is 228 g/mol. The summed E-state index contributed by atoms with van der Waals surface area (Å²) < 4.78 is 0. The first-order chi connectivity index (χ1) is 8.42. The zero-order valence-corrected chi connectivity index (χ0v) is 9.69. The number of hydrogen-bond donors (Lipinski definition) is 2. The Bertz CT molecular complexity index is 506. The smallest absolute Gasteiger partial charge is 0.159 e. The highest BCUT2D eigenvalue weighted by atomic mass is 15.0. The number of nitrogens with zero attached hydrogens (tertiary/aromatic N) is 2. The number of nitrogens with one attached hydrogen (secondary N) is 2. The fraction of sp³-hybridized carbons (Fsp3) is 0.385. The molecule has 1 aliphatic rings. The van der Waals surface area contributed by atoms with E-state index in [0.29, 0.717) is 6.04 Å². The third-order valence-electron chi connectivity index (χ3n) is 3.16. The molecule has 0 amide bonds. The molecule has 3 rings (SSSR count). The second-order valence-corrected chi connectivity index (χ2v) is 4.44. The van der Waals surface area contributed by atoms with Gasteiger partial charge in [0.1, 0.15) is 0 Å². The molecule has 4 heteroatoms. The average molecular weight is 228 g/mol. The van der Waals surface area contributed by atoms with Gasteiger partial charge < -0.3 is 10.6 Å². The lowest BCUT2D eigenvalue weighted by Crippen LogP contribution is -2.35. The van der Waals surface area contributed by atoms with E-state index < -0.39 is 0 Å². The number of anilines is 1. The minimum absolute atomic E-state index is 0.562. The van der Waals surface area contributed by atoms with Gasteiger partial charge in [-0.25, -0.2) is 9.97 Å². The van der Waals surface area contributed by atoms with Gasteiger partial charge >= 0.3 is 0 Å². The minimum Gasteiger partial charge on any atom is -0.381 e. The van der Waals surface area contributed by atoms with E-state index in [1.807, 2.05) is 18.3 Å². The van der Waals surface area contributed by atoms with Crippen molar-refractivity contribution < 1.29 is 0 Å². The molecule has 0 radical (unpaired) electrons. The van der Waals surface area contributed by atoms with Gasteiger partial charge in [-0.05, 0) is 44.1 Å². The van der Waals surface area contributed by atoms with Crippen LogP contribution in [0.15, 0.2) is 30.6 Å². The summed E-state index contributed by atoms with van der Waals surface area (Å²) in [5.74, 6) is 0. The average Bonchev–Trinajstić information content (AvgIpc) is 2.40. The number of rotatable bonds is 2. The maximum absolute atomic E-state index is 4.36. The van der Waals surface area contributed by atoms with E-state index in [1.165, 1.54) is 12.8 Å². The summed E-state index contributed by atoms with van der Waals surface area (Å²) in [6.45, 7) is 2.19. The molecule has 0 spiro atoms. The summed E-state index contributed by atoms with van der Waals surface area (Å²) in [7, 11) is 0. The van der Waals surface area contributed by atoms with Gasteiger partial charge in [-0.1, -0.05) is 0 Å². The zero-order chi connectivity index (χ0) is 11.5. The summed E-state index contributed by atoms with van der Waals surface area (Å²) >= 11 is 0. The molecule has 0 aliphatic carbocycles. The maximum Gasteiger partial charge on any atom is 0.159 e. The molecule has 4 nitrogen and oxygen atoms in total. The molecule has 0 atom stereocenters. The van der Waals surface area contributed by atoms with Gasteiger partial charge in [0.05, 0.1) is 11.9 Å². The Morgan fingerprint density at radius 3 is 3.00 bits per heavy atom. The molecule has 1 saturated heterocycles. The van der Waals surface area contributed by atoms with Crippen LogP contribution in [0.5, 0.6) is 0 Å². The van der Waals surface area contributed by atoms with Crippen LogP contribution in [-0.2, 0) is 0 Å². The number of piperidine rings is 1. The first-order valence-electron chi connectivity index (χ1n) is 6.10. The van der Waals surface area contributed by atoms with Crippen molar-refractivity contribution in [2.45, 2.75) is 18.9 Å². The lowest BCUT2D eigenvalue weighted by atomic mass is 10.1. The Morgan fingerprint density at radius 1 is 1.24 bits per heavy atom. The van der Waals surface area contributed by atoms with Gasteiger partial charge in [0.15, 0.2) is 5.65 Å². The fourth-order valence-electron chi connectivity index (χ4n) is 2.25. The summed E-state index contributed by atoms with van der Waals surface area (Å²) in [6.07, 6.45) is 5.99. The molecule has 3 heterocycles. The van der Waals surface area contributed by atoms with Gasteiger partial charge in [-0.15, -0.1) is 0 Å². The molecule has 2 aromatic heterocycles. The molecule has 0 bridgehead atoms. The largest absolute Gasteiger partial charge is 0.381 e. The summed E-state index contributed by atoms with van der Waals surface area (Å²) in [6, 6.07) is 6.67. The van der Waals surface area contributed by atoms with Crippen LogP contribution in [-0.4, -0.2) is 29.1 Å². The predicted octanol–water partition coefficient (Wildman–Crippen LogP) is 1.79. The number of hydrogen-bond acceptors (Lipinski definition) is 4. The zero-order valence-electron chi connectivity index (χ0n) is 9.69. The highest BCUT2D eigenvalue weighted by Crippen LogP contribution is 2.17. The van der Waals surface area contributed by atoms with Crippen molar-refractivity contribution in [3.63, 3.8) is 0 Å². The minimum atomic E-state index is 0.562. The van der Waals surface area contributed by atoms with E-state index in [9.17, 15) is 0 Å². The summed E-state index contributed by atoms with van der Waals surface area (Å²) in [5.41, 5.74) is 1.90. The second kappa shape index (κ2) is 4.67. The van der Waals surface area contributed by atoms with E-state index in [0.717, 1.165) is 29.8 Å². The van der Waals surface area contributed by atoms with Crippen molar-refractivity contribution in [3.8, 4) is 0 Å². The van der Waals surface area contributed by atoms with Gasteiger partial charge in [0, 0.05) is 17.6 Å². The third kappa shape index (κ3) is 2.36. The Kier molecular flexibility index (Phi) is 2.88. The van der Waals surface area contributed by atoms with E-state index in [1.54, 1.807) is 6.20 Å². The van der Waals surface area contributed by atoms with Crippen LogP contribution >= 0.6 is 0 Å². The number of fused-ring (bicyclic) bond motifs is 1. The first-order valence-corrected chi connectivity index (χ1v) is 6.10. The van der Waals surface area contributed by atoms with Crippen LogP contribution in [0.4, 0.5) is 5.69 Å². The molecular formula is C13H16N4. The standard InChI is InChI=1S/C13H16N4/c1-2-10-8-12(9-16-13(10)15-5-1)17-11-3-6-14-7-4-11/h1-2,5,8-9,11,14,17H,3-4,6-7H2. The molecule has 2 aromatic rings. The lowest BCUT2D eigenvalue weighted by molar-refractivity contribution is 0.479. The maximum atomic E-state index is 4.36. The van der Waals surface area contributed by atoms with E-state index in [2.05, 4.69) is 26.7 Å². The van der Waals surface area contributed by atoms with Crippen LogP contribution in [0.25, 0.3) is 11.0 Å². The number of pyridine rings is 2. The molecule has 2 N–H and O–H groups in total. The van der Waals surface area contributed by atoms with Gasteiger partial charge in [0.2, 0.25) is 0 Å². The molecule has 0 saturated carbocycles. The van der Waals surface area contributed by atoms with Crippen LogP contribution in [0.2, 0.25) is 0 Å². The van der Waals surface area contributed by atoms with Crippen LogP contribution in [0.1, 0.15) is 12.8 Å². The van der Waals surface area contributed by atoms with Crippen LogP contribution < -0.4 is 10.6 Å². The molecule has 0 aromatic carbocycles. The Hall–Kier alpha value is -1.68. The second-order valence-electron chi connectivity index (χ2n) is 4.44. The van der Waals surface area contributed by atoms with Crippen LogP contribution in [0.3, 0.4) is 0 Å². The van der Waals surface area contributed by atoms with E-state index in [4.69, 9.17) is 0 Å². The highest BCUT2D eigenvalue weighted by molar-refractivity contribution is 5.77. The summed E-state index contributed by atoms with van der Waals surface area (Å²) in [5, 5.41) is 8.00. The molecule has 0 unspecified atom stereocenters. The Balaban J connectivity index is 1.80. The lowest BCUT2D eigenvalue weighted by Gasteiger charge is -2.24. The van der Waals surface area contributed by atoms with Crippen molar-refractivity contribution in [3.05, 3.63) is 30.6 Å². The molecule has 17 heavy (non-hydrogen) atoms. The highest BCUT2D eigenvalue weighted by Gasteiger charge is 2.12. The Morgan fingerprint density at radius 2 is 2.12 bits per heavy atom. The molecule has 88 valence electrons.